The molecule has 0 unspecified atom stereocenters. The summed E-state index contributed by atoms with van der Waals surface area (Å²) in [5.41, 5.74) is 3.09. The van der Waals surface area contributed by atoms with Crippen molar-refractivity contribution in [3.8, 4) is 28.7 Å². The number of anilines is 1. The van der Waals surface area contributed by atoms with Gasteiger partial charge in [0.1, 0.15) is 16.8 Å². The van der Waals surface area contributed by atoms with Crippen molar-refractivity contribution in [3.05, 3.63) is 60.2 Å². The predicted molar refractivity (Wildman–Crippen MR) is 133 cm³/mol. The number of hydrogen-bond donors (Lipinski definition) is 1. The molecule has 4 aromatic rings. The average molecular weight is 477 g/mol. The van der Waals surface area contributed by atoms with Crippen LogP contribution in [0.4, 0.5) is 5.69 Å². The maximum atomic E-state index is 13.1. The van der Waals surface area contributed by atoms with Crippen molar-refractivity contribution in [2.24, 2.45) is 0 Å². The van der Waals surface area contributed by atoms with Gasteiger partial charge in [0.05, 0.1) is 32.6 Å². The van der Waals surface area contributed by atoms with Crippen molar-refractivity contribution in [3.63, 3.8) is 0 Å². The van der Waals surface area contributed by atoms with Gasteiger partial charge < -0.3 is 24.3 Å². The lowest BCUT2D eigenvalue weighted by molar-refractivity contribution is 0.102. The molecule has 0 fully saturated rings. The second-order valence-corrected chi connectivity index (χ2v) is 7.45. The number of nitrogens with zero attached hydrogens (tertiary/aromatic N) is 3. The van der Waals surface area contributed by atoms with Gasteiger partial charge in [-0.2, -0.15) is 4.80 Å². The zero-order chi connectivity index (χ0) is 24.8. The van der Waals surface area contributed by atoms with E-state index < -0.39 is 0 Å². The first-order valence-electron chi connectivity index (χ1n) is 11.5. The number of amides is 1. The van der Waals surface area contributed by atoms with Gasteiger partial charge in [0.25, 0.3) is 5.91 Å². The molecule has 0 atom stereocenters. The molecule has 3 aromatic carbocycles. The maximum Gasteiger partial charge on any atom is 0.255 e. The summed E-state index contributed by atoms with van der Waals surface area (Å²) < 4.78 is 22.4. The van der Waals surface area contributed by atoms with Crippen LogP contribution in [0.1, 0.15) is 31.1 Å². The van der Waals surface area contributed by atoms with Crippen molar-refractivity contribution in [2.75, 3.05) is 32.2 Å². The van der Waals surface area contributed by atoms with Crippen molar-refractivity contribution >= 4 is 22.6 Å². The number of benzene rings is 3. The Morgan fingerprint density at radius 3 is 2.20 bits per heavy atom. The van der Waals surface area contributed by atoms with Gasteiger partial charge in [-0.05, 0) is 63.2 Å². The van der Waals surface area contributed by atoms with Gasteiger partial charge in [0.2, 0.25) is 5.75 Å². The zero-order valence-electron chi connectivity index (χ0n) is 20.2. The summed E-state index contributed by atoms with van der Waals surface area (Å²) in [6.07, 6.45) is 0. The van der Waals surface area contributed by atoms with Gasteiger partial charge in [-0.3, -0.25) is 4.79 Å². The summed E-state index contributed by atoms with van der Waals surface area (Å²) in [7, 11) is 1.61. The third kappa shape index (κ3) is 5.29. The van der Waals surface area contributed by atoms with Crippen LogP contribution >= 0.6 is 0 Å². The van der Waals surface area contributed by atoms with Crippen molar-refractivity contribution in [2.45, 2.75) is 20.8 Å². The number of aromatic nitrogens is 3. The molecule has 0 saturated carbocycles. The van der Waals surface area contributed by atoms with Gasteiger partial charge in [0, 0.05) is 17.3 Å². The third-order valence-corrected chi connectivity index (χ3v) is 5.09. The number of rotatable bonds is 10. The van der Waals surface area contributed by atoms with Gasteiger partial charge >= 0.3 is 0 Å². The highest BCUT2D eigenvalue weighted by Gasteiger charge is 2.19. The van der Waals surface area contributed by atoms with Crippen LogP contribution < -0.4 is 24.3 Å². The third-order valence-electron chi connectivity index (χ3n) is 5.09. The van der Waals surface area contributed by atoms with Gasteiger partial charge in [-0.25, -0.2) is 0 Å². The molecule has 35 heavy (non-hydrogen) atoms. The number of ether oxygens (including phenoxy) is 4. The van der Waals surface area contributed by atoms with E-state index in [1.807, 2.05) is 51.1 Å². The molecule has 9 nitrogen and oxygen atoms in total. The highest BCUT2D eigenvalue weighted by atomic mass is 16.5. The fourth-order valence-corrected chi connectivity index (χ4v) is 3.57. The lowest BCUT2D eigenvalue weighted by Crippen LogP contribution is -2.13. The SMILES string of the molecule is CCOc1cc(C(=O)Nc2ccc3nn(-c4cccc(OC)c4)nc3c2)cc(OCC)c1OCC. The fraction of sp³-hybridized carbons (Fsp3) is 0.269. The Labute approximate surface area is 203 Å². The van der Waals surface area contributed by atoms with E-state index in [2.05, 4.69) is 15.5 Å². The van der Waals surface area contributed by atoms with E-state index >= 15 is 0 Å². The Bertz CT molecular complexity index is 1310. The van der Waals surface area contributed by atoms with E-state index in [-0.39, 0.29) is 5.91 Å². The van der Waals surface area contributed by atoms with Crippen molar-refractivity contribution < 1.29 is 23.7 Å². The van der Waals surface area contributed by atoms with Gasteiger partial charge in [-0.15, -0.1) is 10.2 Å². The van der Waals surface area contributed by atoms with Crippen LogP contribution in [-0.4, -0.2) is 47.8 Å². The average Bonchev–Trinajstić information content (AvgIpc) is 3.29. The predicted octanol–water partition coefficient (Wildman–Crippen LogP) is 4.88. The first-order chi connectivity index (χ1) is 17.1. The van der Waals surface area contributed by atoms with Crippen LogP contribution in [0.5, 0.6) is 23.0 Å². The highest BCUT2D eigenvalue weighted by molar-refractivity contribution is 6.05. The minimum absolute atomic E-state index is 0.311. The smallest absolute Gasteiger partial charge is 0.255 e. The summed E-state index contributed by atoms with van der Waals surface area (Å²) in [6.45, 7) is 6.93. The summed E-state index contributed by atoms with van der Waals surface area (Å²) in [6, 6.07) is 16.1. The Balaban J connectivity index is 1.61. The summed E-state index contributed by atoms with van der Waals surface area (Å²) in [5, 5.41) is 12.0. The Kier molecular flexibility index (Phi) is 7.35. The molecule has 0 saturated heterocycles. The number of carbonyl (C=O) groups excluding carboxylic acids is 1. The normalized spacial score (nSPS) is 10.7. The number of nitrogens with one attached hydrogen (secondary N) is 1. The fourth-order valence-electron chi connectivity index (χ4n) is 3.57. The maximum absolute atomic E-state index is 13.1. The Morgan fingerprint density at radius 1 is 0.857 bits per heavy atom. The van der Waals surface area contributed by atoms with Crippen LogP contribution in [0.15, 0.2) is 54.6 Å². The van der Waals surface area contributed by atoms with Crippen molar-refractivity contribution in [1.82, 2.24) is 15.0 Å². The summed E-state index contributed by atoms with van der Waals surface area (Å²) in [5.74, 6) is 1.81. The first-order valence-corrected chi connectivity index (χ1v) is 11.5. The number of methoxy groups -OCH3 is 1. The summed E-state index contributed by atoms with van der Waals surface area (Å²) >= 11 is 0. The van der Waals surface area contributed by atoms with E-state index in [9.17, 15) is 4.79 Å². The highest BCUT2D eigenvalue weighted by Crippen LogP contribution is 2.39. The molecule has 0 bridgehead atoms. The number of fused-ring (bicyclic) bond motifs is 1. The van der Waals surface area contributed by atoms with Gasteiger partial charge in [0.15, 0.2) is 11.5 Å². The largest absolute Gasteiger partial charge is 0.497 e. The first kappa shape index (κ1) is 23.9. The molecule has 0 aliphatic rings. The lowest BCUT2D eigenvalue weighted by atomic mass is 10.1. The van der Waals surface area contributed by atoms with E-state index in [0.717, 1.165) is 5.69 Å². The molecular formula is C26H28N4O5. The Morgan fingerprint density at radius 2 is 1.54 bits per heavy atom. The molecule has 0 radical (unpaired) electrons. The van der Waals surface area contributed by atoms with E-state index in [1.54, 1.807) is 31.4 Å². The Hall–Kier alpha value is -4.27. The van der Waals surface area contributed by atoms with E-state index in [1.165, 1.54) is 4.80 Å². The minimum Gasteiger partial charge on any atom is -0.497 e. The quantitative estimate of drug-likeness (QED) is 0.348. The molecule has 9 heteroatoms. The zero-order valence-corrected chi connectivity index (χ0v) is 20.2. The van der Waals surface area contributed by atoms with Crippen LogP contribution in [0.3, 0.4) is 0 Å². The molecule has 0 aliphatic heterocycles. The second kappa shape index (κ2) is 10.8. The molecule has 0 aliphatic carbocycles. The molecule has 1 aromatic heterocycles. The second-order valence-electron chi connectivity index (χ2n) is 7.45. The van der Waals surface area contributed by atoms with Gasteiger partial charge in [-0.1, -0.05) is 6.07 Å². The molecular weight excluding hydrogens is 448 g/mol. The standard InChI is InChI=1S/C26H28N4O5/c1-5-33-23-13-17(14-24(34-6-2)25(23)35-7-3)26(31)27-18-11-12-21-22(15-18)29-30(28-21)19-9-8-10-20(16-19)32-4/h8-16H,5-7H2,1-4H3,(H,27,31). The van der Waals surface area contributed by atoms with Crippen molar-refractivity contribution in [1.29, 1.82) is 0 Å². The van der Waals surface area contributed by atoms with Crippen LogP contribution in [0.25, 0.3) is 16.7 Å². The molecule has 1 N–H and O–H groups in total. The number of carbonyl (C=O) groups is 1. The molecule has 1 amide bonds. The number of hydrogen-bond acceptors (Lipinski definition) is 7. The molecule has 0 spiro atoms. The topological polar surface area (TPSA) is 96.7 Å². The summed E-state index contributed by atoms with van der Waals surface area (Å²) in [4.78, 5) is 14.6. The van der Waals surface area contributed by atoms with Crippen LogP contribution in [0, 0.1) is 0 Å². The van der Waals surface area contributed by atoms with Crippen LogP contribution in [-0.2, 0) is 0 Å². The molecule has 4 rings (SSSR count). The van der Waals surface area contributed by atoms with E-state index in [4.69, 9.17) is 18.9 Å². The van der Waals surface area contributed by atoms with E-state index in [0.29, 0.717) is 65.1 Å². The molecule has 1 heterocycles. The minimum atomic E-state index is -0.311. The molecule has 182 valence electrons. The lowest BCUT2D eigenvalue weighted by Gasteiger charge is -2.17. The van der Waals surface area contributed by atoms with Crippen LogP contribution in [0.2, 0.25) is 0 Å². The monoisotopic (exact) mass is 476 g/mol.